The van der Waals surface area contributed by atoms with Gasteiger partial charge in [-0.1, -0.05) is 36.4 Å². The van der Waals surface area contributed by atoms with Crippen LogP contribution in [0.15, 0.2) is 47.8 Å². The number of benzene rings is 1. The lowest BCUT2D eigenvalue weighted by atomic mass is 10.0. The summed E-state index contributed by atoms with van der Waals surface area (Å²) in [6, 6.07) is 13.8. The summed E-state index contributed by atoms with van der Waals surface area (Å²) >= 11 is 1.65. The summed E-state index contributed by atoms with van der Waals surface area (Å²) in [5, 5.41) is 4.91. The van der Waals surface area contributed by atoms with Crippen LogP contribution in [0.5, 0.6) is 0 Å². The molecule has 0 saturated heterocycles. The molecule has 1 aromatic carbocycles. The van der Waals surface area contributed by atoms with E-state index in [9.17, 15) is 4.79 Å². The van der Waals surface area contributed by atoms with Gasteiger partial charge >= 0.3 is 0 Å². The number of thiophene rings is 1. The van der Waals surface area contributed by atoms with Crippen molar-refractivity contribution in [3.8, 4) is 0 Å². The van der Waals surface area contributed by atoms with Crippen molar-refractivity contribution in [1.29, 1.82) is 0 Å². The van der Waals surface area contributed by atoms with Crippen LogP contribution < -0.4 is 11.1 Å². The van der Waals surface area contributed by atoms with E-state index in [-0.39, 0.29) is 11.9 Å². The Balaban J connectivity index is 1.71. The molecule has 1 unspecified atom stereocenters. The largest absolute Gasteiger partial charge is 0.351 e. The lowest BCUT2D eigenvalue weighted by molar-refractivity contribution is -0.121. The van der Waals surface area contributed by atoms with Gasteiger partial charge in [-0.05, 0) is 23.4 Å². The molecule has 1 atom stereocenters. The number of carbonyl (C=O) groups excluding carboxylic acids is 1. The van der Waals surface area contributed by atoms with Crippen molar-refractivity contribution in [2.75, 3.05) is 0 Å². The fourth-order valence-corrected chi connectivity index (χ4v) is 2.49. The molecule has 0 aliphatic carbocycles. The molecular weight excluding hydrogens is 256 g/mol. The highest BCUT2D eigenvalue weighted by molar-refractivity contribution is 7.09. The molecular formula is C15H18N2OS. The van der Waals surface area contributed by atoms with E-state index >= 15 is 0 Å². The summed E-state index contributed by atoms with van der Waals surface area (Å²) in [7, 11) is 0. The Bertz CT molecular complexity index is 496. The number of nitrogens with one attached hydrogen (secondary N) is 1. The van der Waals surface area contributed by atoms with Crippen LogP contribution in [0, 0.1) is 0 Å². The van der Waals surface area contributed by atoms with Gasteiger partial charge in [0, 0.05) is 17.3 Å². The Hall–Kier alpha value is -1.65. The van der Waals surface area contributed by atoms with E-state index in [1.807, 2.05) is 47.8 Å². The van der Waals surface area contributed by atoms with Crippen molar-refractivity contribution in [3.63, 3.8) is 0 Å². The topological polar surface area (TPSA) is 55.1 Å². The minimum Gasteiger partial charge on any atom is -0.351 e. The van der Waals surface area contributed by atoms with Gasteiger partial charge in [-0.25, -0.2) is 0 Å². The SMILES string of the molecule is NC(CCC(=O)NCc1cccs1)c1ccccc1. The standard InChI is InChI=1S/C15H18N2OS/c16-14(12-5-2-1-3-6-12)8-9-15(18)17-11-13-7-4-10-19-13/h1-7,10,14H,8-9,11,16H2,(H,17,18). The highest BCUT2D eigenvalue weighted by Crippen LogP contribution is 2.15. The Kier molecular flexibility index (Phi) is 5.12. The Morgan fingerprint density at radius 2 is 2.00 bits per heavy atom. The molecule has 0 fully saturated rings. The Morgan fingerprint density at radius 1 is 1.21 bits per heavy atom. The molecule has 0 spiro atoms. The van der Waals surface area contributed by atoms with Gasteiger partial charge in [0.2, 0.25) is 5.91 Å². The third kappa shape index (κ3) is 4.50. The van der Waals surface area contributed by atoms with Crippen LogP contribution >= 0.6 is 11.3 Å². The van der Waals surface area contributed by atoms with Crippen LogP contribution in [0.2, 0.25) is 0 Å². The molecule has 4 heteroatoms. The lowest BCUT2D eigenvalue weighted by Gasteiger charge is -2.11. The third-order valence-corrected chi connectivity index (χ3v) is 3.83. The summed E-state index contributed by atoms with van der Waals surface area (Å²) in [5.41, 5.74) is 7.13. The smallest absolute Gasteiger partial charge is 0.220 e. The van der Waals surface area contributed by atoms with Crippen LogP contribution in [-0.4, -0.2) is 5.91 Å². The van der Waals surface area contributed by atoms with E-state index in [4.69, 9.17) is 5.73 Å². The molecule has 1 aromatic heterocycles. The second-order valence-electron chi connectivity index (χ2n) is 4.41. The van der Waals surface area contributed by atoms with Crippen LogP contribution in [-0.2, 0) is 11.3 Å². The highest BCUT2D eigenvalue weighted by Gasteiger charge is 2.08. The molecule has 19 heavy (non-hydrogen) atoms. The van der Waals surface area contributed by atoms with Crippen molar-refractivity contribution in [1.82, 2.24) is 5.32 Å². The summed E-state index contributed by atoms with van der Waals surface area (Å²) in [6.45, 7) is 0.608. The molecule has 100 valence electrons. The maximum atomic E-state index is 11.7. The van der Waals surface area contributed by atoms with Crippen molar-refractivity contribution in [2.45, 2.75) is 25.4 Å². The molecule has 1 amide bonds. The van der Waals surface area contributed by atoms with E-state index in [0.29, 0.717) is 19.4 Å². The second kappa shape index (κ2) is 7.07. The van der Waals surface area contributed by atoms with Crippen LogP contribution in [0.1, 0.15) is 29.3 Å². The molecule has 2 rings (SSSR count). The first-order chi connectivity index (χ1) is 9.25. The number of hydrogen-bond donors (Lipinski definition) is 2. The predicted molar refractivity (Wildman–Crippen MR) is 78.8 cm³/mol. The highest BCUT2D eigenvalue weighted by atomic mass is 32.1. The first kappa shape index (κ1) is 13.8. The van der Waals surface area contributed by atoms with Gasteiger partial charge in [0.05, 0.1) is 6.54 Å². The third-order valence-electron chi connectivity index (χ3n) is 2.95. The maximum Gasteiger partial charge on any atom is 0.220 e. The zero-order valence-corrected chi connectivity index (χ0v) is 11.5. The average molecular weight is 274 g/mol. The number of amides is 1. The Labute approximate surface area is 117 Å². The van der Waals surface area contributed by atoms with E-state index in [0.717, 1.165) is 5.56 Å². The van der Waals surface area contributed by atoms with Crippen LogP contribution in [0.25, 0.3) is 0 Å². The van der Waals surface area contributed by atoms with Gasteiger partial charge in [-0.15, -0.1) is 11.3 Å². The predicted octanol–water partition coefficient (Wildman–Crippen LogP) is 2.84. The van der Waals surface area contributed by atoms with E-state index in [1.165, 1.54) is 4.88 Å². The first-order valence-electron chi connectivity index (χ1n) is 6.35. The molecule has 0 aliphatic rings. The quantitative estimate of drug-likeness (QED) is 0.851. The first-order valence-corrected chi connectivity index (χ1v) is 7.23. The summed E-state index contributed by atoms with van der Waals surface area (Å²) in [5.74, 6) is 0.0554. The zero-order chi connectivity index (χ0) is 13.5. The van der Waals surface area contributed by atoms with Gasteiger partial charge < -0.3 is 11.1 Å². The number of rotatable bonds is 6. The van der Waals surface area contributed by atoms with Crippen molar-refractivity contribution in [3.05, 3.63) is 58.3 Å². The van der Waals surface area contributed by atoms with Crippen LogP contribution in [0.3, 0.4) is 0 Å². The fourth-order valence-electron chi connectivity index (χ4n) is 1.84. The summed E-state index contributed by atoms with van der Waals surface area (Å²) in [6.07, 6.45) is 1.13. The maximum absolute atomic E-state index is 11.7. The molecule has 0 saturated carbocycles. The van der Waals surface area contributed by atoms with Crippen molar-refractivity contribution >= 4 is 17.2 Å². The molecule has 0 bridgehead atoms. The zero-order valence-electron chi connectivity index (χ0n) is 10.7. The summed E-state index contributed by atoms with van der Waals surface area (Å²) in [4.78, 5) is 12.9. The molecule has 3 nitrogen and oxygen atoms in total. The molecule has 2 aromatic rings. The molecule has 1 heterocycles. The normalized spacial score (nSPS) is 12.1. The molecule has 3 N–H and O–H groups in total. The lowest BCUT2D eigenvalue weighted by Crippen LogP contribution is -2.23. The minimum atomic E-state index is -0.0753. The van der Waals surface area contributed by atoms with E-state index in [1.54, 1.807) is 11.3 Å². The van der Waals surface area contributed by atoms with Crippen molar-refractivity contribution < 1.29 is 4.79 Å². The minimum absolute atomic E-state index is 0.0554. The van der Waals surface area contributed by atoms with Gasteiger partial charge in [0.15, 0.2) is 0 Å². The summed E-state index contributed by atoms with van der Waals surface area (Å²) < 4.78 is 0. The fraction of sp³-hybridized carbons (Fsp3) is 0.267. The van der Waals surface area contributed by atoms with Gasteiger partial charge in [-0.2, -0.15) is 0 Å². The average Bonchev–Trinajstić information content (AvgIpc) is 2.96. The van der Waals surface area contributed by atoms with Gasteiger partial charge in [-0.3, -0.25) is 4.79 Å². The van der Waals surface area contributed by atoms with E-state index < -0.39 is 0 Å². The van der Waals surface area contributed by atoms with Crippen molar-refractivity contribution in [2.24, 2.45) is 5.73 Å². The van der Waals surface area contributed by atoms with Gasteiger partial charge in [0.1, 0.15) is 0 Å². The molecule has 0 radical (unpaired) electrons. The van der Waals surface area contributed by atoms with Gasteiger partial charge in [0.25, 0.3) is 0 Å². The number of nitrogens with two attached hydrogens (primary N) is 1. The van der Waals surface area contributed by atoms with E-state index in [2.05, 4.69) is 5.32 Å². The second-order valence-corrected chi connectivity index (χ2v) is 5.44. The molecule has 0 aliphatic heterocycles. The number of hydrogen-bond acceptors (Lipinski definition) is 3. The Morgan fingerprint density at radius 3 is 2.68 bits per heavy atom. The van der Waals surface area contributed by atoms with Crippen LogP contribution in [0.4, 0.5) is 0 Å². The number of carbonyl (C=O) groups is 1. The monoisotopic (exact) mass is 274 g/mol.